The van der Waals surface area contributed by atoms with Crippen LogP contribution in [0.25, 0.3) is 11.5 Å². The molecule has 0 spiro atoms. The predicted octanol–water partition coefficient (Wildman–Crippen LogP) is 2.85. The summed E-state index contributed by atoms with van der Waals surface area (Å²) in [4.78, 5) is 2.48. The normalized spacial score (nSPS) is 24.3. The van der Waals surface area contributed by atoms with Crippen molar-refractivity contribution >= 4 is 10.0 Å². The molecule has 4 unspecified atom stereocenters. The topological polar surface area (TPSA) is 98.8 Å². The number of ether oxygens (including phenoxy) is 2. The molecular weight excluding hydrogens is 456 g/mol. The molecule has 9 nitrogen and oxygen atoms in total. The molecule has 6 rings (SSSR count). The summed E-state index contributed by atoms with van der Waals surface area (Å²) in [6.07, 6.45) is 3.69. The van der Waals surface area contributed by atoms with E-state index in [1.807, 2.05) is 23.9 Å². The van der Waals surface area contributed by atoms with Crippen LogP contribution in [0.1, 0.15) is 24.5 Å². The zero-order chi connectivity index (χ0) is 23.9. The van der Waals surface area contributed by atoms with Crippen molar-refractivity contribution < 1.29 is 22.3 Å². The van der Waals surface area contributed by atoms with E-state index in [1.54, 1.807) is 18.4 Å². The van der Waals surface area contributed by atoms with Crippen molar-refractivity contribution in [3.05, 3.63) is 48.4 Å². The molecule has 1 aromatic carbocycles. The molecule has 0 aliphatic carbocycles. The van der Waals surface area contributed by atoms with Gasteiger partial charge >= 0.3 is 0 Å². The van der Waals surface area contributed by atoms with Crippen molar-refractivity contribution in [3.8, 4) is 23.0 Å². The highest BCUT2D eigenvalue weighted by Crippen LogP contribution is 2.42. The lowest BCUT2D eigenvalue weighted by molar-refractivity contribution is 0.0306. The third-order valence-electron chi connectivity index (χ3n) is 7.12. The Morgan fingerprint density at radius 3 is 2.74 bits per heavy atom. The maximum Gasteiger partial charge on any atom is 0.244 e. The van der Waals surface area contributed by atoms with Gasteiger partial charge in [0.15, 0.2) is 5.76 Å². The zero-order valence-corrected chi connectivity index (χ0v) is 20.4. The van der Waals surface area contributed by atoms with Crippen LogP contribution in [-0.4, -0.2) is 63.0 Å². The van der Waals surface area contributed by atoms with E-state index in [4.69, 9.17) is 13.9 Å². The Hall–Kier alpha value is -2.82. The summed E-state index contributed by atoms with van der Waals surface area (Å²) in [6.45, 7) is 2.21. The fourth-order valence-corrected chi connectivity index (χ4v) is 6.59. The Morgan fingerprint density at radius 2 is 2.06 bits per heavy atom. The summed E-state index contributed by atoms with van der Waals surface area (Å²) in [6, 6.07) is 10.8. The summed E-state index contributed by atoms with van der Waals surface area (Å²) < 4.78 is 46.9. The molecule has 2 aromatic heterocycles. The standard InChI is InChI=1S/C24H30N4O5S/c1-27-21(13-20(26-27)22-5-4-10-33-22)19-15-28-9-8-16(19)11-17(28)14-25-34(29,30)24-12-18(31-2)6-7-23(24)32-3/h4-7,10,12-13,16-17,19,25H,8-9,11,14-15H2,1-3H3. The maximum absolute atomic E-state index is 13.1. The van der Waals surface area contributed by atoms with Crippen LogP contribution < -0.4 is 14.2 Å². The molecule has 5 heterocycles. The number of aromatic nitrogens is 2. The van der Waals surface area contributed by atoms with Crippen molar-refractivity contribution in [2.75, 3.05) is 33.9 Å². The molecule has 34 heavy (non-hydrogen) atoms. The van der Waals surface area contributed by atoms with Gasteiger partial charge < -0.3 is 13.9 Å². The van der Waals surface area contributed by atoms with Gasteiger partial charge in [-0.25, -0.2) is 13.1 Å². The van der Waals surface area contributed by atoms with E-state index in [0.29, 0.717) is 29.9 Å². The number of nitrogens with zero attached hydrogens (tertiary/aromatic N) is 3. The highest BCUT2D eigenvalue weighted by Gasteiger charge is 2.42. The lowest BCUT2D eigenvalue weighted by atomic mass is 9.74. The predicted molar refractivity (Wildman–Crippen MR) is 126 cm³/mol. The number of sulfonamides is 1. The minimum Gasteiger partial charge on any atom is -0.497 e. The highest BCUT2D eigenvalue weighted by molar-refractivity contribution is 7.89. The van der Waals surface area contributed by atoms with E-state index in [9.17, 15) is 8.42 Å². The second-order valence-electron chi connectivity index (χ2n) is 8.96. The number of furan rings is 1. The van der Waals surface area contributed by atoms with Gasteiger partial charge in [-0.15, -0.1) is 0 Å². The van der Waals surface area contributed by atoms with E-state index in [1.165, 1.54) is 26.0 Å². The number of methoxy groups -OCH3 is 2. The average molecular weight is 487 g/mol. The molecule has 2 bridgehead atoms. The van der Waals surface area contributed by atoms with Crippen LogP contribution in [0.3, 0.4) is 0 Å². The summed E-state index contributed by atoms with van der Waals surface area (Å²) in [5.41, 5.74) is 2.04. The van der Waals surface area contributed by atoms with Crippen LogP contribution in [0.2, 0.25) is 0 Å². The third-order valence-corrected chi connectivity index (χ3v) is 8.56. The van der Waals surface area contributed by atoms with Crippen LogP contribution in [-0.2, 0) is 17.1 Å². The molecular formula is C24H30N4O5S. The van der Waals surface area contributed by atoms with E-state index >= 15 is 0 Å². The minimum atomic E-state index is -3.75. The number of hydrogen-bond acceptors (Lipinski definition) is 7. The fraction of sp³-hybridized carbons (Fsp3) is 0.458. The van der Waals surface area contributed by atoms with E-state index < -0.39 is 10.0 Å². The van der Waals surface area contributed by atoms with Crippen molar-refractivity contribution in [1.82, 2.24) is 19.4 Å². The van der Waals surface area contributed by atoms with Crippen LogP contribution in [0.5, 0.6) is 11.5 Å². The van der Waals surface area contributed by atoms with E-state index in [-0.39, 0.29) is 10.9 Å². The summed E-state index contributed by atoms with van der Waals surface area (Å²) >= 11 is 0. The number of rotatable bonds is 8. The summed E-state index contributed by atoms with van der Waals surface area (Å²) in [7, 11) is 1.20. The molecule has 3 aliphatic rings. The van der Waals surface area contributed by atoms with Gasteiger partial charge in [0.05, 0.1) is 20.5 Å². The summed E-state index contributed by atoms with van der Waals surface area (Å²) in [5, 5.41) is 4.65. The zero-order valence-electron chi connectivity index (χ0n) is 19.6. The smallest absolute Gasteiger partial charge is 0.244 e. The average Bonchev–Trinajstić information content (AvgIpc) is 3.52. The molecule has 0 radical (unpaired) electrons. The first-order chi connectivity index (χ1) is 16.4. The van der Waals surface area contributed by atoms with Crippen LogP contribution in [0.4, 0.5) is 0 Å². The number of piperidine rings is 3. The van der Waals surface area contributed by atoms with Crippen molar-refractivity contribution in [2.45, 2.75) is 29.7 Å². The molecule has 0 saturated carbocycles. The molecule has 1 N–H and O–H groups in total. The monoisotopic (exact) mass is 486 g/mol. The van der Waals surface area contributed by atoms with Gasteiger partial charge in [-0.1, -0.05) is 0 Å². The van der Waals surface area contributed by atoms with Crippen molar-refractivity contribution in [3.63, 3.8) is 0 Å². The van der Waals surface area contributed by atoms with Gasteiger partial charge in [-0.3, -0.25) is 9.58 Å². The van der Waals surface area contributed by atoms with Gasteiger partial charge in [0.2, 0.25) is 10.0 Å². The Labute approximate surface area is 199 Å². The lowest BCUT2D eigenvalue weighted by Crippen LogP contribution is -2.56. The fourth-order valence-electron chi connectivity index (χ4n) is 5.34. The number of benzene rings is 1. The van der Waals surface area contributed by atoms with Crippen LogP contribution in [0.15, 0.2) is 52.0 Å². The molecule has 3 fully saturated rings. The third kappa shape index (κ3) is 4.21. The van der Waals surface area contributed by atoms with E-state index in [0.717, 1.165) is 37.4 Å². The Kier molecular flexibility index (Phi) is 6.13. The van der Waals surface area contributed by atoms with Gasteiger partial charge in [0, 0.05) is 43.9 Å². The molecule has 0 amide bonds. The van der Waals surface area contributed by atoms with Gasteiger partial charge in [0.25, 0.3) is 0 Å². The molecule has 3 saturated heterocycles. The van der Waals surface area contributed by atoms with Crippen LogP contribution in [0, 0.1) is 5.92 Å². The first-order valence-corrected chi connectivity index (χ1v) is 12.9. The Balaban J connectivity index is 1.28. The number of aryl methyl sites for hydroxylation is 1. The van der Waals surface area contributed by atoms with Crippen LogP contribution >= 0.6 is 0 Å². The molecule has 3 aromatic rings. The van der Waals surface area contributed by atoms with Gasteiger partial charge in [-0.05, 0) is 55.6 Å². The first kappa shape index (κ1) is 22.9. The van der Waals surface area contributed by atoms with Gasteiger partial charge in [-0.2, -0.15) is 5.10 Å². The lowest BCUT2D eigenvalue weighted by Gasteiger charge is -2.49. The van der Waals surface area contributed by atoms with E-state index in [2.05, 4.69) is 20.8 Å². The molecule has 182 valence electrons. The quantitative estimate of drug-likeness (QED) is 0.523. The Bertz CT molecular complexity index is 1250. The second kappa shape index (κ2) is 9.09. The first-order valence-electron chi connectivity index (χ1n) is 11.4. The van der Waals surface area contributed by atoms with Crippen molar-refractivity contribution in [2.24, 2.45) is 13.0 Å². The largest absolute Gasteiger partial charge is 0.497 e. The molecule has 4 atom stereocenters. The maximum atomic E-state index is 13.1. The highest BCUT2D eigenvalue weighted by atomic mass is 32.2. The van der Waals surface area contributed by atoms with Gasteiger partial charge in [0.1, 0.15) is 22.1 Å². The number of nitrogens with one attached hydrogen (secondary N) is 1. The second-order valence-corrected chi connectivity index (χ2v) is 10.7. The number of fused-ring (bicyclic) bond motifs is 3. The SMILES string of the molecule is COc1ccc(OC)c(S(=O)(=O)NCC2CC3CCN2CC3c2cc(-c3ccco3)nn2C)c1. The minimum absolute atomic E-state index is 0.0866. The Morgan fingerprint density at radius 1 is 1.21 bits per heavy atom. The molecule has 10 heteroatoms. The summed E-state index contributed by atoms with van der Waals surface area (Å²) in [5.74, 6) is 2.37. The van der Waals surface area contributed by atoms with Crippen molar-refractivity contribution in [1.29, 1.82) is 0 Å². The number of hydrogen-bond donors (Lipinski definition) is 1. The molecule has 3 aliphatic heterocycles.